The van der Waals surface area contributed by atoms with Crippen molar-refractivity contribution in [2.45, 2.75) is 19.3 Å². The Morgan fingerprint density at radius 2 is 2.12 bits per heavy atom. The highest BCUT2D eigenvalue weighted by Gasteiger charge is 2.23. The maximum Gasteiger partial charge on any atom is 0.257 e. The predicted molar refractivity (Wildman–Crippen MR) is 64.1 cm³/mol. The van der Waals surface area contributed by atoms with Crippen molar-refractivity contribution in [3.8, 4) is 11.5 Å². The Kier molecular flexibility index (Phi) is 3.22. The molecule has 1 amide bonds. The highest BCUT2D eigenvalue weighted by molar-refractivity contribution is 5.97. The van der Waals surface area contributed by atoms with Crippen molar-refractivity contribution in [3.05, 3.63) is 23.8 Å². The van der Waals surface area contributed by atoms with E-state index >= 15 is 0 Å². The van der Waals surface area contributed by atoms with E-state index in [1.54, 1.807) is 11.9 Å². The van der Waals surface area contributed by atoms with E-state index in [2.05, 4.69) is 0 Å². The van der Waals surface area contributed by atoms with E-state index in [1.165, 1.54) is 37.5 Å². The quantitative estimate of drug-likeness (QED) is 0.787. The van der Waals surface area contributed by atoms with Gasteiger partial charge in [-0.3, -0.25) is 4.79 Å². The Bertz CT molecular complexity index is 427. The second kappa shape index (κ2) is 4.65. The molecule has 0 bridgehead atoms. The van der Waals surface area contributed by atoms with Gasteiger partial charge in [-0.2, -0.15) is 0 Å². The average Bonchev–Trinajstić information content (AvgIpc) is 2.25. The summed E-state index contributed by atoms with van der Waals surface area (Å²) in [5.74, 6) is 0.241. The topological polar surface area (TPSA) is 60.8 Å². The Hall–Kier alpha value is -1.71. The highest BCUT2D eigenvalue weighted by atomic mass is 16.3. The highest BCUT2D eigenvalue weighted by Crippen LogP contribution is 2.28. The summed E-state index contributed by atoms with van der Waals surface area (Å²) >= 11 is 0. The lowest BCUT2D eigenvalue weighted by molar-refractivity contribution is 0.0742. The van der Waals surface area contributed by atoms with Crippen LogP contribution in [0.25, 0.3) is 0 Å². The number of carbonyl (C=O) groups is 1. The van der Waals surface area contributed by atoms with Crippen molar-refractivity contribution in [1.29, 1.82) is 0 Å². The van der Waals surface area contributed by atoms with Crippen LogP contribution in [-0.4, -0.2) is 34.6 Å². The number of rotatable bonds is 3. The van der Waals surface area contributed by atoms with Gasteiger partial charge in [0, 0.05) is 13.6 Å². The Balaban J connectivity index is 2.09. The van der Waals surface area contributed by atoms with E-state index < -0.39 is 0 Å². The van der Waals surface area contributed by atoms with E-state index in [1.807, 2.05) is 0 Å². The summed E-state index contributed by atoms with van der Waals surface area (Å²) in [6, 6.07) is 3.99. The van der Waals surface area contributed by atoms with Crippen molar-refractivity contribution in [2.24, 2.45) is 5.92 Å². The van der Waals surface area contributed by atoms with Gasteiger partial charge in [0.25, 0.3) is 5.91 Å². The van der Waals surface area contributed by atoms with Crippen molar-refractivity contribution >= 4 is 5.91 Å². The molecule has 1 aliphatic carbocycles. The molecule has 0 atom stereocenters. The third-order valence-corrected chi connectivity index (χ3v) is 3.31. The number of carbonyl (C=O) groups excluding carboxylic acids is 1. The van der Waals surface area contributed by atoms with Gasteiger partial charge in [0.1, 0.15) is 11.5 Å². The molecule has 0 spiro atoms. The molecule has 4 nitrogen and oxygen atoms in total. The van der Waals surface area contributed by atoms with Crippen molar-refractivity contribution in [1.82, 2.24) is 4.90 Å². The molecule has 0 heterocycles. The van der Waals surface area contributed by atoms with Crippen LogP contribution in [0.3, 0.4) is 0 Å². The number of phenolic OH excluding ortho intramolecular Hbond substituents is 2. The zero-order chi connectivity index (χ0) is 12.4. The van der Waals surface area contributed by atoms with E-state index in [-0.39, 0.29) is 23.0 Å². The number of hydrogen-bond acceptors (Lipinski definition) is 3. The largest absolute Gasteiger partial charge is 0.508 e. The van der Waals surface area contributed by atoms with E-state index in [4.69, 9.17) is 0 Å². The van der Waals surface area contributed by atoms with Gasteiger partial charge >= 0.3 is 0 Å². The first kappa shape index (κ1) is 11.8. The number of phenols is 2. The molecular weight excluding hydrogens is 218 g/mol. The molecular formula is C13H17NO3. The van der Waals surface area contributed by atoms with Gasteiger partial charge in [0.15, 0.2) is 0 Å². The lowest BCUT2D eigenvalue weighted by atomic mass is 9.85. The van der Waals surface area contributed by atoms with Crippen LogP contribution in [0.15, 0.2) is 18.2 Å². The summed E-state index contributed by atoms with van der Waals surface area (Å²) in [6.07, 6.45) is 3.58. The fraction of sp³-hybridized carbons (Fsp3) is 0.462. The molecule has 1 aromatic rings. The molecule has 1 aromatic carbocycles. The molecule has 0 aliphatic heterocycles. The minimum absolute atomic E-state index is 0.0109. The molecule has 0 unspecified atom stereocenters. The van der Waals surface area contributed by atoms with Crippen molar-refractivity contribution in [3.63, 3.8) is 0 Å². The molecule has 2 rings (SSSR count). The van der Waals surface area contributed by atoms with Gasteiger partial charge in [-0.15, -0.1) is 0 Å². The second-order valence-corrected chi connectivity index (χ2v) is 4.68. The molecule has 0 radical (unpaired) electrons. The van der Waals surface area contributed by atoms with Crippen molar-refractivity contribution < 1.29 is 15.0 Å². The first-order valence-electron chi connectivity index (χ1n) is 5.85. The van der Waals surface area contributed by atoms with Crippen LogP contribution < -0.4 is 0 Å². The van der Waals surface area contributed by atoms with Gasteiger partial charge in [0.05, 0.1) is 5.56 Å². The first-order chi connectivity index (χ1) is 8.08. The number of aromatic hydroxyl groups is 2. The van der Waals surface area contributed by atoms with Gasteiger partial charge in [-0.05, 0) is 37.0 Å². The number of nitrogens with zero attached hydrogens (tertiary/aromatic N) is 1. The summed E-state index contributed by atoms with van der Waals surface area (Å²) < 4.78 is 0. The van der Waals surface area contributed by atoms with E-state index in [0.717, 1.165) is 0 Å². The molecule has 92 valence electrons. The molecule has 0 saturated heterocycles. The van der Waals surface area contributed by atoms with Crippen LogP contribution in [0.2, 0.25) is 0 Å². The SMILES string of the molecule is CN(CC1CCC1)C(=O)c1cc(O)ccc1O. The standard InChI is InChI=1S/C13H17NO3/c1-14(8-9-3-2-4-9)13(17)11-7-10(15)5-6-12(11)16/h5-7,9,15-16H,2-4,8H2,1H3. The van der Waals surface area contributed by atoms with Crippen LogP contribution >= 0.6 is 0 Å². The zero-order valence-corrected chi connectivity index (χ0v) is 9.89. The number of benzene rings is 1. The predicted octanol–water partition coefficient (Wildman–Crippen LogP) is 1.97. The summed E-state index contributed by atoms with van der Waals surface area (Å²) in [5.41, 5.74) is 0.159. The molecule has 0 aromatic heterocycles. The van der Waals surface area contributed by atoms with Crippen LogP contribution in [0.1, 0.15) is 29.6 Å². The Morgan fingerprint density at radius 1 is 1.41 bits per heavy atom. The fourth-order valence-corrected chi connectivity index (χ4v) is 2.05. The van der Waals surface area contributed by atoms with Crippen molar-refractivity contribution in [2.75, 3.05) is 13.6 Å². The van der Waals surface area contributed by atoms with E-state index in [0.29, 0.717) is 12.5 Å². The zero-order valence-electron chi connectivity index (χ0n) is 9.89. The lowest BCUT2D eigenvalue weighted by Crippen LogP contribution is -2.34. The fourth-order valence-electron chi connectivity index (χ4n) is 2.05. The molecule has 1 fully saturated rings. The van der Waals surface area contributed by atoms with Gasteiger partial charge in [-0.1, -0.05) is 6.42 Å². The van der Waals surface area contributed by atoms with Gasteiger partial charge in [-0.25, -0.2) is 0 Å². The summed E-state index contributed by atoms with van der Waals surface area (Å²) in [6.45, 7) is 0.716. The molecule has 17 heavy (non-hydrogen) atoms. The molecule has 2 N–H and O–H groups in total. The van der Waals surface area contributed by atoms with Crippen LogP contribution in [0.5, 0.6) is 11.5 Å². The molecule has 4 heteroatoms. The van der Waals surface area contributed by atoms with Crippen LogP contribution in [0, 0.1) is 5.92 Å². The normalized spacial score (nSPS) is 15.4. The third-order valence-electron chi connectivity index (χ3n) is 3.31. The first-order valence-corrected chi connectivity index (χ1v) is 5.85. The van der Waals surface area contributed by atoms with E-state index in [9.17, 15) is 15.0 Å². The van der Waals surface area contributed by atoms with Crippen LogP contribution in [0.4, 0.5) is 0 Å². The minimum Gasteiger partial charge on any atom is -0.508 e. The monoisotopic (exact) mass is 235 g/mol. The Morgan fingerprint density at radius 3 is 2.71 bits per heavy atom. The molecule has 1 saturated carbocycles. The minimum atomic E-state index is -0.245. The average molecular weight is 235 g/mol. The third kappa shape index (κ3) is 2.52. The van der Waals surface area contributed by atoms with Gasteiger partial charge < -0.3 is 15.1 Å². The maximum absolute atomic E-state index is 12.0. The lowest BCUT2D eigenvalue weighted by Gasteiger charge is -2.30. The summed E-state index contributed by atoms with van der Waals surface area (Å²) in [4.78, 5) is 13.7. The Labute approximate surface area is 100 Å². The summed E-state index contributed by atoms with van der Waals surface area (Å²) in [5, 5.41) is 18.9. The number of amides is 1. The maximum atomic E-state index is 12.0. The second-order valence-electron chi connectivity index (χ2n) is 4.68. The van der Waals surface area contributed by atoms with Crippen LogP contribution in [-0.2, 0) is 0 Å². The molecule has 1 aliphatic rings. The number of hydrogen-bond donors (Lipinski definition) is 2. The van der Waals surface area contributed by atoms with Gasteiger partial charge in [0.2, 0.25) is 0 Å². The summed E-state index contributed by atoms with van der Waals surface area (Å²) in [7, 11) is 1.73. The smallest absolute Gasteiger partial charge is 0.257 e.